The quantitative estimate of drug-likeness (QED) is 0.465. The molecule has 2 aromatic rings. The lowest BCUT2D eigenvalue weighted by atomic mass is 10.1. The zero-order valence-electron chi connectivity index (χ0n) is 13.8. The van der Waals surface area contributed by atoms with E-state index in [4.69, 9.17) is 4.74 Å². The monoisotopic (exact) mass is 361 g/mol. The van der Waals surface area contributed by atoms with Crippen LogP contribution in [-0.2, 0) is 14.3 Å². The van der Waals surface area contributed by atoms with Gasteiger partial charge in [-0.25, -0.2) is 4.39 Å². The van der Waals surface area contributed by atoms with Crippen LogP contribution in [0.3, 0.4) is 0 Å². The molecule has 136 valence electrons. The van der Waals surface area contributed by atoms with Gasteiger partial charge < -0.3 is 15.4 Å². The van der Waals surface area contributed by atoms with Crippen LogP contribution in [-0.4, -0.2) is 30.4 Å². The predicted molar refractivity (Wildman–Crippen MR) is 90.9 cm³/mol. The van der Waals surface area contributed by atoms with Crippen molar-refractivity contribution < 1.29 is 23.6 Å². The molecule has 0 aliphatic rings. The van der Waals surface area contributed by atoms with Crippen molar-refractivity contribution in [1.29, 1.82) is 0 Å². The van der Waals surface area contributed by atoms with Gasteiger partial charge in [-0.15, -0.1) is 0 Å². The second kappa shape index (κ2) is 8.67. The standard InChI is InChI=1S/C17H16FN3O5/c1-26-15(11-5-4-6-12(18)9-11)10-19-16(22)17(23)20-13-7-2-3-8-14(13)21(24)25/h2-9,15H,10H2,1H3,(H,19,22)(H,20,23). The van der Waals surface area contributed by atoms with Crippen molar-refractivity contribution in [1.82, 2.24) is 5.32 Å². The number of rotatable bonds is 6. The summed E-state index contributed by atoms with van der Waals surface area (Å²) in [7, 11) is 1.38. The Labute approximate surface area is 148 Å². The fourth-order valence-corrected chi connectivity index (χ4v) is 2.23. The number of benzene rings is 2. The normalized spacial score (nSPS) is 11.5. The van der Waals surface area contributed by atoms with Crippen LogP contribution in [0.2, 0.25) is 0 Å². The summed E-state index contributed by atoms with van der Waals surface area (Å²) in [5, 5.41) is 15.5. The van der Waals surface area contributed by atoms with Crippen LogP contribution >= 0.6 is 0 Å². The molecule has 0 fully saturated rings. The first kappa shape index (κ1) is 19.0. The second-order valence-corrected chi connectivity index (χ2v) is 5.22. The van der Waals surface area contributed by atoms with Crippen molar-refractivity contribution in [3.05, 3.63) is 70.0 Å². The molecule has 2 aromatic carbocycles. The van der Waals surface area contributed by atoms with Gasteiger partial charge in [-0.2, -0.15) is 0 Å². The van der Waals surface area contributed by atoms with Gasteiger partial charge in [0.1, 0.15) is 11.5 Å². The number of hydrogen-bond donors (Lipinski definition) is 2. The summed E-state index contributed by atoms with van der Waals surface area (Å²) < 4.78 is 18.5. The van der Waals surface area contributed by atoms with Crippen LogP contribution < -0.4 is 10.6 Å². The number of anilines is 1. The highest BCUT2D eigenvalue weighted by Gasteiger charge is 2.21. The number of para-hydroxylation sites is 2. The molecule has 0 aliphatic carbocycles. The van der Waals surface area contributed by atoms with E-state index in [1.807, 2.05) is 0 Å². The maximum Gasteiger partial charge on any atom is 0.313 e. The Bertz CT molecular complexity index is 828. The third kappa shape index (κ3) is 4.84. The molecule has 1 unspecified atom stereocenters. The van der Waals surface area contributed by atoms with E-state index in [-0.39, 0.29) is 17.9 Å². The van der Waals surface area contributed by atoms with E-state index in [1.54, 1.807) is 6.07 Å². The van der Waals surface area contributed by atoms with Gasteiger partial charge in [-0.1, -0.05) is 24.3 Å². The first-order chi connectivity index (χ1) is 12.4. The summed E-state index contributed by atoms with van der Waals surface area (Å²) in [5.41, 5.74) is 0.0705. The first-order valence-electron chi connectivity index (χ1n) is 7.53. The number of carbonyl (C=O) groups excluding carboxylic acids is 2. The minimum Gasteiger partial charge on any atom is -0.375 e. The lowest BCUT2D eigenvalue weighted by Crippen LogP contribution is -2.38. The van der Waals surface area contributed by atoms with Crippen LogP contribution in [0.4, 0.5) is 15.8 Å². The maximum atomic E-state index is 13.3. The number of ether oxygens (including phenoxy) is 1. The van der Waals surface area contributed by atoms with Crippen LogP contribution in [0.25, 0.3) is 0 Å². The van der Waals surface area contributed by atoms with Crippen molar-refractivity contribution in [2.24, 2.45) is 0 Å². The van der Waals surface area contributed by atoms with Crippen LogP contribution in [0, 0.1) is 15.9 Å². The minimum absolute atomic E-state index is 0.0803. The van der Waals surface area contributed by atoms with Gasteiger partial charge in [-0.3, -0.25) is 19.7 Å². The van der Waals surface area contributed by atoms with E-state index < -0.39 is 28.7 Å². The molecule has 2 rings (SSSR count). The zero-order chi connectivity index (χ0) is 19.1. The van der Waals surface area contributed by atoms with Crippen molar-refractivity contribution in [2.75, 3.05) is 19.0 Å². The molecule has 0 saturated carbocycles. The molecule has 8 nitrogen and oxygen atoms in total. The molecule has 0 heterocycles. The topological polar surface area (TPSA) is 111 Å². The van der Waals surface area contributed by atoms with Gasteiger partial charge in [0.15, 0.2) is 0 Å². The summed E-state index contributed by atoms with van der Waals surface area (Å²) in [4.78, 5) is 34.1. The molecule has 26 heavy (non-hydrogen) atoms. The fourth-order valence-electron chi connectivity index (χ4n) is 2.23. The van der Waals surface area contributed by atoms with E-state index >= 15 is 0 Å². The van der Waals surface area contributed by atoms with Crippen molar-refractivity contribution >= 4 is 23.2 Å². The highest BCUT2D eigenvalue weighted by Crippen LogP contribution is 2.23. The average Bonchev–Trinajstić information content (AvgIpc) is 2.62. The average molecular weight is 361 g/mol. The highest BCUT2D eigenvalue weighted by atomic mass is 19.1. The summed E-state index contributed by atoms with van der Waals surface area (Å²) in [5.74, 6) is -2.51. The molecular formula is C17H16FN3O5. The number of hydrogen-bond acceptors (Lipinski definition) is 5. The lowest BCUT2D eigenvalue weighted by molar-refractivity contribution is -0.383. The first-order valence-corrected chi connectivity index (χ1v) is 7.53. The van der Waals surface area contributed by atoms with Crippen molar-refractivity contribution in [2.45, 2.75) is 6.10 Å². The predicted octanol–water partition coefficient (Wildman–Crippen LogP) is 2.18. The van der Waals surface area contributed by atoms with Gasteiger partial charge in [0.2, 0.25) is 0 Å². The van der Waals surface area contributed by atoms with E-state index in [2.05, 4.69) is 10.6 Å². The van der Waals surface area contributed by atoms with E-state index in [0.717, 1.165) is 0 Å². The summed E-state index contributed by atoms with van der Waals surface area (Å²) in [6.45, 7) is -0.0803. The number of amides is 2. The third-order valence-electron chi connectivity index (χ3n) is 3.51. The zero-order valence-corrected chi connectivity index (χ0v) is 13.8. The Morgan fingerprint density at radius 1 is 1.19 bits per heavy atom. The van der Waals surface area contributed by atoms with Crippen molar-refractivity contribution in [3.8, 4) is 0 Å². The molecule has 0 radical (unpaired) electrons. The lowest BCUT2D eigenvalue weighted by Gasteiger charge is -2.16. The highest BCUT2D eigenvalue weighted by molar-refractivity contribution is 6.39. The Hall–Kier alpha value is -3.33. The molecule has 0 spiro atoms. The minimum atomic E-state index is -1.06. The van der Waals surface area contributed by atoms with E-state index in [1.165, 1.54) is 49.6 Å². The smallest absolute Gasteiger partial charge is 0.313 e. The molecule has 0 bridgehead atoms. The third-order valence-corrected chi connectivity index (χ3v) is 3.51. The largest absolute Gasteiger partial charge is 0.375 e. The number of carbonyl (C=O) groups is 2. The molecule has 0 aliphatic heterocycles. The van der Waals surface area contributed by atoms with E-state index in [0.29, 0.717) is 5.56 Å². The van der Waals surface area contributed by atoms with E-state index in [9.17, 15) is 24.1 Å². The van der Waals surface area contributed by atoms with Gasteiger partial charge in [0.25, 0.3) is 5.69 Å². The van der Waals surface area contributed by atoms with Gasteiger partial charge in [-0.05, 0) is 23.8 Å². The van der Waals surface area contributed by atoms with Gasteiger partial charge >= 0.3 is 11.8 Å². The molecule has 1 atom stereocenters. The summed E-state index contributed by atoms with van der Waals surface area (Å²) in [6, 6.07) is 11.1. The molecule has 0 aromatic heterocycles. The van der Waals surface area contributed by atoms with Crippen LogP contribution in [0.1, 0.15) is 11.7 Å². The molecule has 2 N–H and O–H groups in total. The Morgan fingerprint density at radius 3 is 2.58 bits per heavy atom. The van der Waals surface area contributed by atoms with Gasteiger partial charge in [0.05, 0.1) is 11.0 Å². The second-order valence-electron chi connectivity index (χ2n) is 5.22. The van der Waals surface area contributed by atoms with Gasteiger partial charge in [0, 0.05) is 19.7 Å². The SMILES string of the molecule is COC(CNC(=O)C(=O)Nc1ccccc1[N+](=O)[O-])c1cccc(F)c1. The molecule has 0 saturated heterocycles. The van der Waals surface area contributed by atoms with Crippen molar-refractivity contribution in [3.63, 3.8) is 0 Å². The maximum absolute atomic E-state index is 13.3. The summed E-state index contributed by atoms with van der Waals surface area (Å²) in [6.07, 6.45) is -0.659. The Kier molecular flexibility index (Phi) is 6.34. The number of nitro benzene ring substituents is 1. The Balaban J connectivity index is 1.99. The number of halogens is 1. The van der Waals surface area contributed by atoms with Crippen LogP contribution in [0.5, 0.6) is 0 Å². The van der Waals surface area contributed by atoms with Crippen LogP contribution in [0.15, 0.2) is 48.5 Å². The fraction of sp³-hybridized carbons (Fsp3) is 0.176. The Morgan fingerprint density at radius 2 is 1.92 bits per heavy atom. The molecular weight excluding hydrogens is 345 g/mol. The number of nitro groups is 1. The molecule has 2 amide bonds. The number of nitrogens with zero attached hydrogens (tertiary/aromatic N) is 1. The molecule has 9 heteroatoms. The number of methoxy groups -OCH3 is 1. The summed E-state index contributed by atoms with van der Waals surface area (Å²) >= 11 is 0. The number of nitrogens with one attached hydrogen (secondary N) is 2.